The van der Waals surface area contributed by atoms with Crippen LogP contribution in [0.5, 0.6) is 23.0 Å². The number of nitrogens with zero attached hydrogens (tertiary/aromatic N) is 1. The first kappa shape index (κ1) is 20.3. The summed E-state index contributed by atoms with van der Waals surface area (Å²) in [6.07, 6.45) is -3.17. The molecule has 2 rings (SSSR count). The van der Waals surface area contributed by atoms with Crippen LogP contribution >= 0.6 is 0 Å². The van der Waals surface area contributed by atoms with Crippen LogP contribution < -0.4 is 18.9 Å². The molecule has 0 saturated carbocycles. The average Bonchev–Trinajstić information content (AvgIpc) is 2.64. The first-order valence-electron chi connectivity index (χ1n) is 7.64. The number of hydrogen-bond acceptors (Lipinski definition) is 6. The molecule has 0 atom stereocenters. The van der Waals surface area contributed by atoms with Crippen LogP contribution in [0.15, 0.2) is 18.5 Å². The molecular weight excluding hydrogens is 367 g/mol. The Bertz CT molecular complexity index is 865. The first-order valence-corrected chi connectivity index (χ1v) is 7.64. The van der Waals surface area contributed by atoms with Gasteiger partial charge in [0.15, 0.2) is 11.5 Å². The van der Waals surface area contributed by atoms with Crippen LogP contribution in [0.2, 0.25) is 0 Å². The van der Waals surface area contributed by atoms with Crippen LogP contribution in [0.1, 0.15) is 27.0 Å². The second-order valence-electron chi connectivity index (χ2n) is 5.43. The number of ether oxygens (including phenoxy) is 4. The summed E-state index contributed by atoms with van der Waals surface area (Å²) in [5.74, 6) is -0.897. The Balaban J connectivity index is 2.84. The summed E-state index contributed by atoms with van der Waals surface area (Å²) in [6, 6.07) is 1.48. The van der Waals surface area contributed by atoms with Gasteiger partial charge in [-0.2, -0.15) is 13.2 Å². The second-order valence-corrected chi connectivity index (χ2v) is 5.43. The number of aromatic nitrogens is 1. The van der Waals surface area contributed by atoms with Crippen molar-refractivity contribution in [2.75, 3.05) is 28.4 Å². The molecule has 1 aromatic heterocycles. The standard InChI is InChI=1S/C18H18F3NO5/c1-9-6-11(24-2)16(26-4)17(27-5)13(9)15(23)14-10(18(19,20)21)7-22-8-12(14)25-3/h6-8H,1-5H3. The van der Waals surface area contributed by atoms with Gasteiger partial charge in [-0.15, -0.1) is 0 Å². The lowest BCUT2D eigenvalue weighted by atomic mass is 9.94. The van der Waals surface area contributed by atoms with Gasteiger partial charge in [0.05, 0.1) is 51.3 Å². The summed E-state index contributed by atoms with van der Waals surface area (Å²) in [5.41, 5.74) is -1.61. The Kier molecular flexibility index (Phi) is 5.82. The zero-order valence-electron chi connectivity index (χ0n) is 15.4. The fourth-order valence-corrected chi connectivity index (χ4v) is 2.73. The Morgan fingerprint density at radius 2 is 1.48 bits per heavy atom. The topological polar surface area (TPSA) is 66.9 Å². The summed E-state index contributed by atoms with van der Waals surface area (Å²) >= 11 is 0. The lowest BCUT2D eigenvalue weighted by Crippen LogP contribution is -2.17. The lowest BCUT2D eigenvalue weighted by Gasteiger charge is -2.20. The van der Waals surface area contributed by atoms with E-state index in [9.17, 15) is 18.0 Å². The van der Waals surface area contributed by atoms with Crippen molar-refractivity contribution in [1.29, 1.82) is 0 Å². The van der Waals surface area contributed by atoms with Crippen LogP contribution in [0.25, 0.3) is 0 Å². The van der Waals surface area contributed by atoms with Gasteiger partial charge in [-0.25, -0.2) is 0 Å². The number of pyridine rings is 1. The summed E-state index contributed by atoms with van der Waals surface area (Å²) in [5, 5.41) is 0. The van der Waals surface area contributed by atoms with Gasteiger partial charge in [0.25, 0.3) is 0 Å². The maximum absolute atomic E-state index is 13.5. The maximum Gasteiger partial charge on any atom is 0.418 e. The van der Waals surface area contributed by atoms with Crippen molar-refractivity contribution in [2.24, 2.45) is 0 Å². The van der Waals surface area contributed by atoms with Gasteiger partial charge in [-0.3, -0.25) is 9.78 Å². The van der Waals surface area contributed by atoms with E-state index < -0.39 is 23.1 Å². The fourth-order valence-electron chi connectivity index (χ4n) is 2.73. The van der Waals surface area contributed by atoms with E-state index in [-0.39, 0.29) is 28.6 Å². The SMILES string of the molecule is COc1cc(C)c(C(=O)c2c(OC)cncc2C(F)(F)F)c(OC)c1OC. The molecule has 27 heavy (non-hydrogen) atoms. The molecule has 0 spiro atoms. The molecule has 6 nitrogen and oxygen atoms in total. The maximum atomic E-state index is 13.5. The van der Waals surface area contributed by atoms with Crippen LogP contribution in [-0.2, 0) is 6.18 Å². The Morgan fingerprint density at radius 1 is 0.889 bits per heavy atom. The minimum Gasteiger partial charge on any atom is -0.494 e. The highest BCUT2D eigenvalue weighted by Gasteiger charge is 2.39. The van der Waals surface area contributed by atoms with Crippen molar-refractivity contribution < 1.29 is 36.9 Å². The Morgan fingerprint density at radius 3 is 1.96 bits per heavy atom. The number of hydrogen-bond donors (Lipinski definition) is 0. The summed E-state index contributed by atoms with van der Waals surface area (Å²) in [4.78, 5) is 16.7. The van der Waals surface area contributed by atoms with Crippen LogP contribution in [0.3, 0.4) is 0 Å². The van der Waals surface area contributed by atoms with E-state index in [1.165, 1.54) is 27.4 Å². The predicted molar refractivity (Wildman–Crippen MR) is 90.1 cm³/mol. The molecule has 0 N–H and O–H groups in total. The lowest BCUT2D eigenvalue weighted by molar-refractivity contribution is -0.138. The van der Waals surface area contributed by atoms with Crippen molar-refractivity contribution >= 4 is 5.78 Å². The third kappa shape index (κ3) is 3.62. The zero-order chi connectivity index (χ0) is 20.4. The number of rotatable bonds is 6. The molecule has 9 heteroatoms. The van der Waals surface area contributed by atoms with E-state index in [0.717, 1.165) is 13.3 Å². The smallest absolute Gasteiger partial charge is 0.418 e. The number of aryl methyl sites for hydroxylation is 1. The van der Waals surface area contributed by atoms with Gasteiger partial charge in [-0.1, -0.05) is 0 Å². The van der Waals surface area contributed by atoms with E-state index >= 15 is 0 Å². The highest BCUT2D eigenvalue weighted by molar-refractivity contribution is 6.14. The molecule has 2 aromatic rings. The summed E-state index contributed by atoms with van der Waals surface area (Å²) in [7, 11) is 5.17. The minimum atomic E-state index is -4.80. The fraction of sp³-hybridized carbons (Fsp3) is 0.333. The Labute approximate surface area is 153 Å². The predicted octanol–water partition coefficient (Wildman–Crippen LogP) is 3.67. The molecule has 0 amide bonds. The zero-order valence-corrected chi connectivity index (χ0v) is 15.4. The van der Waals surface area contributed by atoms with Crippen molar-refractivity contribution in [3.63, 3.8) is 0 Å². The number of ketones is 1. The highest BCUT2D eigenvalue weighted by atomic mass is 19.4. The summed E-state index contributed by atoms with van der Waals surface area (Å²) in [6.45, 7) is 1.55. The molecule has 1 heterocycles. The van der Waals surface area contributed by atoms with E-state index in [0.29, 0.717) is 11.8 Å². The molecule has 0 aliphatic rings. The van der Waals surface area contributed by atoms with Crippen LogP contribution in [0.4, 0.5) is 13.2 Å². The van der Waals surface area contributed by atoms with Crippen molar-refractivity contribution in [3.05, 3.63) is 40.7 Å². The van der Waals surface area contributed by atoms with Crippen LogP contribution in [0, 0.1) is 6.92 Å². The highest BCUT2D eigenvalue weighted by Crippen LogP contribution is 2.44. The van der Waals surface area contributed by atoms with Crippen LogP contribution in [-0.4, -0.2) is 39.2 Å². The molecule has 0 aliphatic carbocycles. The second kappa shape index (κ2) is 7.73. The third-order valence-corrected chi connectivity index (χ3v) is 3.92. The van der Waals surface area contributed by atoms with E-state index in [2.05, 4.69) is 4.98 Å². The number of carbonyl (C=O) groups excluding carboxylic acids is 1. The number of benzene rings is 1. The van der Waals surface area contributed by atoms with Gasteiger partial charge in [0.1, 0.15) is 5.75 Å². The van der Waals surface area contributed by atoms with Gasteiger partial charge in [0, 0.05) is 6.20 Å². The molecule has 146 valence electrons. The van der Waals surface area contributed by atoms with Crippen molar-refractivity contribution in [2.45, 2.75) is 13.1 Å². The quantitative estimate of drug-likeness (QED) is 0.707. The largest absolute Gasteiger partial charge is 0.494 e. The van der Waals surface area contributed by atoms with Gasteiger partial charge in [-0.05, 0) is 18.6 Å². The molecule has 0 unspecified atom stereocenters. The third-order valence-electron chi connectivity index (χ3n) is 3.92. The molecular formula is C18H18F3NO5. The molecule has 1 aromatic carbocycles. The molecule has 0 bridgehead atoms. The average molecular weight is 385 g/mol. The Hall–Kier alpha value is -2.97. The number of halogens is 3. The minimum absolute atomic E-state index is 0.0358. The summed E-state index contributed by atoms with van der Waals surface area (Å²) < 4.78 is 61.0. The monoisotopic (exact) mass is 385 g/mol. The molecule has 0 radical (unpaired) electrons. The molecule has 0 aliphatic heterocycles. The van der Waals surface area contributed by atoms with Gasteiger partial charge >= 0.3 is 6.18 Å². The number of carbonyl (C=O) groups is 1. The van der Waals surface area contributed by atoms with E-state index in [1.54, 1.807) is 6.92 Å². The van der Waals surface area contributed by atoms with E-state index in [4.69, 9.17) is 18.9 Å². The van der Waals surface area contributed by atoms with Crippen molar-refractivity contribution in [3.8, 4) is 23.0 Å². The molecule has 0 fully saturated rings. The normalized spacial score (nSPS) is 11.1. The number of alkyl halides is 3. The molecule has 0 saturated heterocycles. The van der Waals surface area contributed by atoms with Crippen molar-refractivity contribution in [1.82, 2.24) is 4.98 Å². The van der Waals surface area contributed by atoms with Gasteiger partial charge < -0.3 is 18.9 Å². The van der Waals surface area contributed by atoms with E-state index in [1.807, 2.05) is 0 Å². The van der Waals surface area contributed by atoms with Gasteiger partial charge in [0.2, 0.25) is 11.5 Å². The number of methoxy groups -OCH3 is 4. The first-order chi connectivity index (χ1) is 12.7.